The molecule has 0 saturated carbocycles. The highest BCUT2D eigenvalue weighted by Gasteiger charge is 1.73. The van der Waals surface area contributed by atoms with Crippen LogP contribution < -0.4 is 11.5 Å². The Balaban J connectivity index is -0.0000000965. The molecule has 0 rings (SSSR count). The van der Waals surface area contributed by atoms with Crippen molar-refractivity contribution in [3.8, 4) is 0 Å². The van der Waals surface area contributed by atoms with Crippen LogP contribution in [0.3, 0.4) is 0 Å². The van der Waals surface area contributed by atoms with E-state index < -0.39 is 12.0 Å². The highest BCUT2D eigenvalue weighted by molar-refractivity contribution is 5.78. The number of rotatable bonds is 1. The molecule has 0 bridgehead atoms. The number of carbonyl (C=O) groups excluding carboxylic acids is 2. The average Bonchev–Trinajstić information content (AvgIpc) is 1.91. The monoisotopic (exact) mass is 162 g/mol. The molecule has 0 aliphatic carbocycles. The molecule has 0 aliphatic rings. The van der Waals surface area contributed by atoms with Gasteiger partial charge in [0.25, 0.3) is 0 Å². The van der Waals surface area contributed by atoms with Crippen molar-refractivity contribution in [1.29, 1.82) is 0 Å². The number of primary amides is 2. The summed E-state index contributed by atoms with van der Waals surface area (Å²) in [5, 5.41) is 7.60. The third kappa shape index (κ3) is 13700. The zero-order valence-electron chi connectivity index (χ0n) is 5.82. The number of carboxylic acid groups (broad SMARTS) is 1. The van der Waals surface area contributed by atoms with Crippen molar-refractivity contribution < 1.29 is 19.5 Å². The Morgan fingerprint density at radius 2 is 1.36 bits per heavy atom. The Bertz CT molecular complexity index is 130. The Hall–Kier alpha value is -1.85. The number of urea groups is 1. The number of hydrogen-bond acceptors (Lipinski definition) is 3. The van der Waals surface area contributed by atoms with Gasteiger partial charge >= 0.3 is 12.0 Å². The Morgan fingerprint density at radius 1 is 1.27 bits per heavy atom. The van der Waals surface area contributed by atoms with Gasteiger partial charge in [0.1, 0.15) is 6.79 Å². The molecule has 2 amide bonds. The van der Waals surface area contributed by atoms with E-state index in [1.807, 2.05) is 6.79 Å². The van der Waals surface area contributed by atoms with Gasteiger partial charge in [-0.3, -0.25) is 0 Å². The quantitative estimate of drug-likeness (QED) is 0.432. The molecule has 6 nitrogen and oxygen atoms in total. The van der Waals surface area contributed by atoms with E-state index in [-0.39, 0.29) is 0 Å². The Morgan fingerprint density at radius 3 is 1.36 bits per heavy atom. The summed E-state index contributed by atoms with van der Waals surface area (Å²) in [7, 11) is 0. The van der Waals surface area contributed by atoms with Crippen LogP contribution in [0.1, 0.15) is 0 Å². The topological polar surface area (TPSA) is 123 Å². The van der Waals surface area contributed by atoms with Gasteiger partial charge in [-0.15, -0.1) is 0 Å². The second-order valence-electron chi connectivity index (χ2n) is 0.945. The second kappa shape index (κ2) is 15.7. The van der Waals surface area contributed by atoms with Crippen molar-refractivity contribution in [3.63, 3.8) is 0 Å². The third-order valence-corrected chi connectivity index (χ3v) is 0.175. The molecule has 0 unspecified atom stereocenters. The fraction of sp³-hybridized carbons (Fsp3) is 0. The van der Waals surface area contributed by atoms with E-state index >= 15 is 0 Å². The molecular weight excluding hydrogens is 152 g/mol. The van der Waals surface area contributed by atoms with Crippen LogP contribution in [0.4, 0.5) is 4.79 Å². The van der Waals surface area contributed by atoms with Crippen LogP contribution in [0.2, 0.25) is 0 Å². The SMILES string of the molecule is C=CC(=O)O.C=O.NC(N)=O. The largest absolute Gasteiger partial charge is 0.478 e. The van der Waals surface area contributed by atoms with Crippen LogP contribution in [0.15, 0.2) is 12.7 Å². The maximum atomic E-state index is 9.25. The number of aliphatic carboxylic acids is 1. The van der Waals surface area contributed by atoms with Crippen LogP contribution in [0, 0.1) is 0 Å². The number of carbonyl (C=O) groups is 3. The molecule has 0 fully saturated rings. The molecular formula is C5H10N2O4. The normalized spacial score (nSPS) is 5.45. The van der Waals surface area contributed by atoms with Crippen molar-refractivity contribution in [2.75, 3.05) is 0 Å². The first-order valence-electron chi connectivity index (χ1n) is 2.19. The Labute approximate surface area is 63.5 Å². The fourth-order valence-corrected chi connectivity index (χ4v) is 0. The van der Waals surface area contributed by atoms with Crippen molar-refractivity contribution in [2.24, 2.45) is 11.5 Å². The van der Waals surface area contributed by atoms with E-state index in [0.717, 1.165) is 6.08 Å². The summed E-state index contributed by atoms with van der Waals surface area (Å²) in [5.74, 6) is -0.981. The van der Waals surface area contributed by atoms with E-state index in [0.29, 0.717) is 0 Å². The summed E-state index contributed by atoms with van der Waals surface area (Å²) in [6.45, 7) is 4.96. The first-order chi connectivity index (χ1) is 5.00. The predicted octanol–water partition coefficient (Wildman–Crippen LogP) is -0.904. The highest BCUT2D eigenvalue weighted by Crippen LogP contribution is 1.54. The van der Waals surface area contributed by atoms with Gasteiger partial charge < -0.3 is 21.4 Å². The molecule has 0 saturated heterocycles. The first-order valence-corrected chi connectivity index (χ1v) is 2.19. The molecule has 0 spiro atoms. The van der Waals surface area contributed by atoms with Gasteiger partial charge in [-0.25, -0.2) is 9.59 Å². The van der Waals surface area contributed by atoms with Crippen LogP contribution in [-0.2, 0) is 9.59 Å². The predicted molar refractivity (Wildman–Crippen MR) is 38.7 cm³/mol. The molecule has 0 aromatic heterocycles. The molecule has 0 aromatic rings. The Kier molecular flexibility index (Phi) is 22.9. The summed E-state index contributed by atoms with van der Waals surface area (Å²) in [4.78, 5) is 26.2. The summed E-state index contributed by atoms with van der Waals surface area (Å²) < 4.78 is 0. The van der Waals surface area contributed by atoms with Gasteiger partial charge in [-0.1, -0.05) is 6.58 Å². The van der Waals surface area contributed by atoms with Gasteiger partial charge in [0.2, 0.25) is 0 Å². The van der Waals surface area contributed by atoms with Crippen LogP contribution in [0.25, 0.3) is 0 Å². The molecule has 0 atom stereocenters. The van der Waals surface area contributed by atoms with Crippen molar-refractivity contribution in [3.05, 3.63) is 12.7 Å². The zero-order valence-corrected chi connectivity index (χ0v) is 5.82. The summed E-state index contributed by atoms with van der Waals surface area (Å²) in [6, 6.07) is -0.833. The van der Waals surface area contributed by atoms with Gasteiger partial charge in [-0.2, -0.15) is 0 Å². The first kappa shape index (κ1) is 16.1. The molecule has 64 valence electrons. The molecule has 11 heavy (non-hydrogen) atoms. The molecule has 6 heteroatoms. The molecule has 5 N–H and O–H groups in total. The van der Waals surface area contributed by atoms with Gasteiger partial charge in [-0.05, 0) is 0 Å². The molecule has 0 heterocycles. The highest BCUT2D eigenvalue weighted by atomic mass is 16.4. The number of hydrogen-bond donors (Lipinski definition) is 3. The minimum absolute atomic E-state index is 0.833. The van der Waals surface area contributed by atoms with Gasteiger partial charge in [0, 0.05) is 6.08 Å². The van der Waals surface area contributed by atoms with E-state index in [1.165, 1.54) is 0 Å². The maximum absolute atomic E-state index is 9.25. The third-order valence-electron chi connectivity index (χ3n) is 0.175. The zero-order chi connectivity index (χ0) is 9.86. The van der Waals surface area contributed by atoms with Crippen molar-refractivity contribution in [2.45, 2.75) is 0 Å². The van der Waals surface area contributed by atoms with Crippen molar-refractivity contribution >= 4 is 18.8 Å². The molecule has 0 aliphatic heterocycles. The maximum Gasteiger partial charge on any atom is 0.327 e. The minimum Gasteiger partial charge on any atom is -0.478 e. The second-order valence-corrected chi connectivity index (χ2v) is 0.945. The standard InChI is InChI=1S/C3H4O2.CH4N2O.CH2O/c1-2-3(4)5;2-1(3)4;1-2/h2H,1H2,(H,4,5);(H4,2,3,4);1H2. The van der Waals surface area contributed by atoms with Crippen LogP contribution in [0.5, 0.6) is 0 Å². The van der Waals surface area contributed by atoms with E-state index in [1.54, 1.807) is 0 Å². The fourth-order valence-electron chi connectivity index (χ4n) is 0. The molecule has 0 aromatic carbocycles. The number of amides is 2. The van der Waals surface area contributed by atoms with Gasteiger partial charge in [0.05, 0.1) is 0 Å². The lowest BCUT2D eigenvalue weighted by Gasteiger charge is -1.64. The van der Waals surface area contributed by atoms with E-state index in [2.05, 4.69) is 18.0 Å². The smallest absolute Gasteiger partial charge is 0.327 e. The lowest BCUT2D eigenvalue weighted by atomic mass is 10.7. The van der Waals surface area contributed by atoms with Crippen LogP contribution in [-0.4, -0.2) is 23.9 Å². The summed E-state index contributed by atoms with van der Waals surface area (Å²) >= 11 is 0. The van der Waals surface area contributed by atoms with E-state index in [4.69, 9.17) is 14.7 Å². The van der Waals surface area contributed by atoms with Gasteiger partial charge in [0.15, 0.2) is 0 Å². The lowest BCUT2D eigenvalue weighted by molar-refractivity contribution is -0.131. The summed E-state index contributed by atoms with van der Waals surface area (Å²) in [6.07, 6.45) is 0.833. The number of nitrogens with two attached hydrogens (primary N) is 2. The van der Waals surface area contributed by atoms with Crippen molar-refractivity contribution in [1.82, 2.24) is 0 Å². The summed E-state index contributed by atoms with van der Waals surface area (Å²) in [5.41, 5.74) is 8.50. The number of carboxylic acids is 1. The minimum atomic E-state index is -0.981. The average molecular weight is 162 g/mol. The lowest BCUT2D eigenvalue weighted by Crippen LogP contribution is -2.18. The van der Waals surface area contributed by atoms with Crippen LogP contribution >= 0.6 is 0 Å². The van der Waals surface area contributed by atoms with E-state index in [9.17, 15) is 4.79 Å². The molecule has 0 radical (unpaired) electrons.